The van der Waals surface area contributed by atoms with Crippen LogP contribution in [0.15, 0.2) is 89.4 Å². The van der Waals surface area contributed by atoms with Gasteiger partial charge < -0.3 is 10.1 Å². The van der Waals surface area contributed by atoms with Crippen molar-refractivity contribution in [3.05, 3.63) is 106 Å². The molecule has 0 fully saturated rings. The van der Waals surface area contributed by atoms with E-state index < -0.39 is 5.60 Å². The number of benzene rings is 3. The molecule has 1 heterocycles. The Balaban J connectivity index is 1.98. The summed E-state index contributed by atoms with van der Waals surface area (Å²) in [5.41, 5.74) is 2.20. The zero-order valence-electron chi connectivity index (χ0n) is 12.9. The summed E-state index contributed by atoms with van der Waals surface area (Å²) in [7, 11) is 0. The van der Waals surface area contributed by atoms with Crippen molar-refractivity contribution < 1.29 is 5.11 Å². The number of hydrogen-bond acceptors (Lipinski definition) is 1. The van der Waals surface area contributed by atoms with E-state index in [1.165, 1.54) is 0 Å². The van der Waals surface area contributed by atoms with E-state index in [0.29, 0.717) is 0 Å². The minimum atomic E-state index is -1.23. The van der Waals surface area contributed by atoms with Crippen molar-refractivity contribution >= 4 is 26.8 Å². The van der Waals surface area contributed by atoms with Gasteiger partial charge in [-0.25, -0.2) is 0 Å². The van der Waals surface area contributed by atoms with Crippen LogP contribution >= 0.6 is 15.9 Å². The van der Waals surface area contributed by atoms with Crippen LogP contribution in [0.3, 0.4) is 0 Å². The van der Waals surface area contributed by atoms with Gasteiger partial charge in [0.2, 0.25) is 0 Å². The maximum Gasteiger partial charge on any atom is 0.155 e. The fraction of sp³-hybridized carbons (Fsp3) is 0.0476. The third-order valence-electron chi connectivity index (χ3n) is 4.36. The van der Waals surface area contributed by atoms with Crippen molar-refractivity contribution in [3.63, 3.8) is 0 Å². The number of hydrogen-bond donors (Lipinski definition) is 2. The lowest BCUT2D eigenvalue weighted by Gasteiger charge is -2.28. The number of H-pyrrole nitrogens is 1. The largest absolute Gasteiger partial charge is 0.375 e. The maximum absolute atomic E-state index is 11.8. The van der Waals surface area contributed by atoms with Crippen LogP contribution in [0.25, 0.3) is 10.9 Å². The first-order valence-electron chi connectivity index (χ1n) is 7.80. The average Bonchev–Trinajstić information content (AvgIpc) is 3.06. The van der Waals surface area contributed by atoms with Crippen LogP contribution in [0, 0.1) is 0 Å². The van der Waals surface area contributed by atoms with Crippen molar-refractivity contribution in [1.82, 2.24) is 4.98 Å². The van der Waals surface area contributed by atoms with Gasteiger partial charge in [0.1, 0.15) is 0 Å². The fourth-order valence-corrected chi connectivity index (χ4v) is 3.51. The molecule has 3 heteroatoms. The summed E-state index contributed by atoms with van der Waals surface area (Å²) in [6.07, 6.45) is 0. The summed E-state index contributed by atoms with van der Waals surface area (Å²) in [6, 6.07) is 27.6. The number of aromatic amines is 1. The van der Waals surface area contributed by atoms with Gasteiger partial charge in [-0.2, -0.15) is 0 Å². The third kappa shape index (κ3) is 2.46. The minimum Gasteiger partial charge on any atom is -0.375 e. The topological polar surface area (TPSA) is 36.0 Å². The monoisotopic (exact) mass is 377 g/mol. The molecule has 0 saturated carbocycles. The van der Waals surface area contributed by atoms with Crippen molar-refractivity contribution in [2.45, 2.75) is 5.60 Å². The van der Waals surface area contributed by atoms with Gasteiger partial charge in [-0.05, 0) is 35.4 Å². The van der Waals surface area contributed by atoms with Gasteiger partial charge in [-0.3, -0.25) is 0 Å². The maximum atomic E-state index is 11.8. The number of rotatable bonds is 3. The molecule has 2 N–H and O–H groups in total. The quantitative estimate of drug-likeness (QED) is 0.504. The first-order chi connectivity index (χ1) is 11.7. The molecule has 0 aliphatic heterocycles. The molecule has 0 bridgehead atoms. The summed E-state index contributed by atoms with van der Waals surface area (Å²) < 4.78 is 1.02. The highest BCUT2D eigenvalue weighted by molar-refractivity contribution is 9.10. The molecule has 118 valence electrons. The Labute approximate surface area is 148 Å². The summed E-state index contributed by atoms with van der Waals surface area (Å²) in [4.78, 5) is 3.39. The molecule has 24 heavy (non-hydrogen) atoms. The molecule has 0 aliphatic carbocycles. The molecule has 0 amide bonds. The number of aromatic nitrogens is 1. The van der Waals surface area contributed by atoms with Gasteiger partial charge in [0.15, 0.2) is 5.60 Å². The predicted molar refractivity (Wildman–Crippen MR) is 101 cm³/mol. The van der Waals surface area contributed by atoms with E-state index in [2.05, 4.69) is 20.9 Å². The second-order valence-electron chi connectivity index (χ2n) is 5.86. The molecule has 0 spiro atoms. The van der Waals surface area contributed by atoms with Crippen LogP contribution < -0.4 is 0 Å². The normalized spacial score (nSPS) is 11.8. The average molecular weight is 378 g/mol. The first-order valence-corrected chi connectivity index (χ1v) is 8.59. The molecular formula is C21H16BrNO. The van der Waals surface area contributed by atoms with Crippen molar-refractivity contribution in [1.29, 1.82) is 0 Å². The SMILES string of the molecule is OC(c1ccccc1)(c1ccccc1)c1cc2cc(Br)ccc2[nH]1. The standard InChI is InChI=1S/C21H16BrNO/c22-18-11-12-19-15(13-18)14-20(23-19)21(24,16-7-3-1-4-8-16)17-9-5-2-6-10-17/h1-14,23-24H. The Hall–Kier alpha value is -2.36. The highest BCUT2D eigenvalue weighted by Gasteiger charge is 2.35. The van der Waals surface area contributed by atoms with Crippen LogP contribution in [0.1, 0.15) is 16.8 Å². The highest BCUT2D eigenvalue weighted by Crippen LogP contribution is 2.37. The molecule has 1 aromatic heterocycles. The van der Waals surface area contributed by atoms with Crippen molar-refractivity contribution in [3.8, 4) is 0 Å². The van der Waals surface area contributed by atoms with E-state index >= 15 is 0 Å². The van der Waals surface area contributed by atoms with Crippen LogP contribution in [0.2, 0.25) is 0 Å². The smallest absolute Gasteiger partial charge is 0.155 e. The second-order valence-corrected chi connectivity index (χ2v) is 6.77. The summed E-state index contributed by atoms with van der Waals surface area (Å²) in [5, 5.41) is 12.8. The van der Waals surface area contributed by atoms with E-state index in [4.69, 9.17) is 0 Å². The fourth-order valence-electron chi connectivity index (χ4n) is 3.13. The van der Waals surface area contributed by atoms with Crippen LogP contribution in [0.4, 0.5) is 0 Å². The lowest BCUT2D eigenvalue weighted by molar-refractivity contribution is 0.121. The lowest BCUT2D eigenvalue weighted by atomic mass is 9.83. The van der Waals surface area contributed by atoms with E-state index in [-0.39, 0.29) is 0 Å². The molecule has 0 saturated heterocycles. The van der Waals surface area contributed by atoms with Crippen LogP contribution in [-0.2, 0) is 5.60 Å². The molecule has 0 atom stereocenters. The van der Waals surface area contributed by atoms with Gasteiger partial charge in [0.05, 0.1) is 5.69 Å². The number of nitrogens with one attached hydrogen (secondary N) is 1. The molecule has 4 aromatic rings. The van der Waals surface area contributed by atoms with Crippen LogP contribution in [0.5, 0.6) is 0 Å². The Kier molecular flexibility index (Phi) is 3.75. The van der Waals surface area contributed by atoms with Gasteiger partial charge in [-0.15, -0.1) is 0 Å². The molecule has 0 aliphatic rings. The van der Waals surface area contributed by atoms with E-state index in [0.717, 1.165) is 32.2 Å². The van der Waals surface area contributed by atoms with Gasteiger partial charge in [-0.1, -0.05) is 76.6 Å². The Bertz CT molecular complexity index is 937. The van der Waals surface area contributed by atoms with Gasteiger partial charge >= 0.3 is 0 Å². The summed E-state index contributed by atoms with van der Waals surface area (Å²) in [5.74, 6) is 0. The van der Waals surface area contributed by atoms with Gasteiger partial charge in [0, 0.05) is 15.4 Å². The lowest BCUT2D eigenvalue weighted by Crippen LogP contribution is -2.29. The van der Waals surface area contributed by atoms with E-state index in [1.807, 2.05) is 84.9 Å². The van der Waals surface area contributed by atoms with Crippen molar-refractivity contribution in [2.75, 3.05) is 0 Å². The number of halogens is 1. The number of aliphatic hydroxyl groups is 1. The van der Waals surface area contributed by atoms with E-state index in [9.17, 15) is 5.11 Å². The molecule has 0 radical (unpaired) electrons. The molecular weight excluding hydrogens is 362 g/mol. The van der Waals surface area contributed by atoms with Crippen molar-refractivity contribution in [2.24, 2.45) is 0 Å². The zero-order valence-corrected chi connectivity index (χ0v) is 14.5. The summed E-state index contributed by atoms with van der Waals surface area (Å²) in [6.45, 7) is 0. The molecule has 2 nitrogen and oxygen atoms in total. The Morgan fingerprint density at radius 1 is 0.750 bits per heavy atom. The highest BCUT2D eigenvalue weighted by atomic mass is 79.9. The zero-order chi connectivity index (χ0) is 16.6. The second kappa shape index (κ2) is 5.93. The van der Waals surface area contributed by atoms with Gasteiger partial charge in [0.25, 0.3) is 0 Å². The van der Waals surface area contributed by atoms with E-state index in [1.54, 1.807) is 0 Å². The summed E-state index contributed by atoms with van der Waals surface area (Å²) >= 11 is 3.51. The molecule has 0 unspecified atom stereocenters. The Morgan fingerprint density at radius 2 is 1.33 bits per heavy atom. The number of fused-ring (bicyclic) bond motifs is 1. The Morgan fingerprint density at radius 3 is 1.92 bits per heavy atom. The first kappa shape index (κ1) is 15.2. The minimum absolute atomic E-state index is 0.757. The van der Waals surface area contributed by atoms with Crippen LogP contribution in [-0.4, -0.2) is 10.1 Å². The molecule has 4 rings (SSSR count). The third-order valence-corrected chi connectivity index (χ3v) is 4.85. The predicted octanol–water partition coefficient (Wildman–Crippen LogP) is 5.21. The molecule has 3 aromatic carbocycles.